The molecule has 0 radical (unpaired) electrons. The fraction of sp³-hybridized carbons (Fsp3) is 0.474. The second-order valence-electron chi connectivity index (χ2n) is 7.01. The third-order valence-electron chi connectivity index (χ3n) is 4.85. The number of amides is 3. The Labute approximate surface area is 173 Å². The van der Waals surface area contributed by atoms with Crippen LogP contribution in [0.1, 0.15) is 37.7 Å². The third kappa shape index (κ3) is 6.42. The molecule has 9 heteroatoms. The molecule has 3 amide bonds. The number of aromatic amines is 1. The third-order valence-corrected chi connectivity index (χ3v) is 5.86. The highest BCUT2D eigenvalue weighted by atomic mass is 32.1. The number of rotatable bonds is 7. The van der Waals surface area contributed by atoms with E-state index in [0.29, 0.717) is 28.0 Å². The van der Waals surface area contributed by atoms with Gasteiger partial charge < -0.3 is 10.6 Å². The van der Waals surface area contributed by atoms with Gasteiger partial charge in [0.2, 0.25) is 11.0 Å². The van der Waals surface area contributed by atoms with E-state index in [1.165, 1.54) is 19.3 Å². The molecule has 0 aliphatic heterocycles. The molecule has 1 heterocycles. The summed E-state index contributed by atoms with van der Waals surface area (Å²) in [6.07, 6.45) is 6.46. The minimum absolute atomic E-state index is 0.167. The molecule has 7 nitrogen and oxygen atoms in total. The van der Waals surface area contributed by atoms with Crippen LogP contribution in [0.5, 0.6) is 0 Å². The van der Waals surface area contributed by atoms with Crippen molar-refractivity contribution in [2.45, 2.75) is 44.6 Å². The molecule has 4 N–H and O–H groups in total. The predicted octanol–water partition coefficient (Wildman–Crippen LogP) is 3.63. The van der Waals surface area contributed by atoms with Gasteiger partial charge >= 0.3 is 6.03 Å². The van der Waals surface area contributed by atoms with Crippen LogP contribution in [-0.4, -0.2) is 34.7 Å². The number of carbonyl (C=O) groups excluding carboxylic acids is 2. The van der Waals surface area contributed by atoms with Crippen molar-refractivity contribution in [3.63, 3.8) is 0 Å². The summed E-state index contributed by atoms with van der Waals surface area (Å²) < 4.78 is 0.473. The Kier molecular flexibility index (Phi) is 7.55. The minimum atomic E-state index is -0.669. The lowest BCUT2D eigenvalue weighted by atomic mass is 9.89. The van der Waals surface area contributed by atoms with Crippen LogP contribution in [0.4, 0.5) is 9.93 Å². The van der Waals surface area contributed by atoms with E-state index in [-0.39, 0.29) is 5.91 Å². The van der Waals surface area contributed by atoms with Gasteiger partial charge in [-0.25, -0.2) is 4.79 Å². The van der Waals surface area contributed by atoms with Gasteiger partial charge in [0, 0.05) is 13.0 Å². The second-order valence-corrected chi connectivity index (χ2v) is 8.67. The fourth-order valence-electron chi connectivity index (χ4n) is 3.39. The Morgan fingerprint density at radius 3 is 2.64 bits per heavy atom. The summed E-state index contributed by atoms with van der Waals surface area (Å²) in [5.74, 6) is 0.361. The molecule has 0 spiro atoms. The van der Waals surface area contributed by atoms with Crippen LogP contribution in [0, 0.1) is 9.87 Å². The average Bonchev–Trinajstić information content (AvgIpc) is 3.11. The van der Waals surface area contributed by atoms with Crippen molar-refractivity contribution in [3.8, 4) is 0 Å². The maximum atomic E-state index is 12.8. The first-order valence-electron chi connectivity index (χ1n) is 9.55. The van der Waals surface area contributed by atoms with E-state index in [1.807, 2.05) is 30.3 Å². The zero-order valence-corrected chi connectivity index (χ0v) is 17.2. The molecule has 1 aromatic carbocycles. The number of carbonyl (C=O) groups is 2. The lowest BCUT2D eigenvalue weighted by molar-refractivity contribution is -0.123. The first-order chi connectivity index (χ1) is 13.6. The number of anilines is 1. The van der Waals surface area contributed by atoms with Gasteiger partial charge in [0.05, 0.1) is 0 Å². The van der Waals surface area contributed by atoms with Gasteiger partial charge in [-0.15, -0.1) is 5.10 Å². The average molecular weight is 420 g/mol. The molecule has 150 valence electrons. The maximum absolute atomic E-state index is 12.8. The van der Waals surface area contributed by atoms with E-state index < -0.39 is 12.1 Å². The quantitative estimate of drug-likeness (QED) is 0.515. The molecule has 0 bridgehead atoms. The van der Waals surface area contributed by atoms with E-state index in [9.17, 15) is 9.59 Å². The highest BCUT2D eigenvalue weighted by Gasteiger charge is 2.23. The van der Waals surface area contributed by atoms with Gasteiger partial charge in [0.25, 0.3) is 0 Å². The molecule has 1 aliphatic rings. The monoisotopic (exact) mass is 419 g/mol. The van der Waals surface area contributed by atoms with E-state index in [1.54, 1.807) is 0 Å². The fourth-order valence-corrected chi connectivity index (χ4v) is 4.18. The molecule has 28 heavy (non-hydrogen) atoms. The Balaban J connectivity index is 1.60. The number of hydrogen-bond donors (Lipinski definition) is 4. The van der Waals surface area contributed by atoms with Crippen molar-refractivity contribution in [1.29, 1.82) is 0 Å². The van der Waals surface area contributed by atoms with Crippen LogP contribution >= 0.6 is 23.6 Å². The molecule has 1 saturated carbocycles. The van der Waals surface area contributed by atoms with Crippen molar-refractivity contribution >= 4 is 40.6 Å². The number of H-pyrrole nitrogens is 1. The van der Waals surface area contributed by atoms with Gasteiger partial charge in [-0.3, -0.25) is 15.2 Å². The summed E-state index contributed by atoms with van der Waals surface area (Å²) in [5.41, 5.74) is 0.982. The van der Waals surface area contributed by atoms with E-state index >= 15 is 0 Å². The number of hydrogen-bond acceptors (Lipinski definition) is 5. The van der Waals surface area contributed by atoms with E-state index in [4.69, 9.17) is 12.2 Å². The molecule has 1 aromatic heterocycles. The number of nitrogens with one attached hydrogen (secondary N) is 4. The Bertz CT molecular complexity index is 830. The van der Waals surface area contributed by atoms with E-state index in [2.05, 4.69) is 26.1 Å². The summed E-state index contributed by atoms with van der Waals surface area (Å²) >= 11 is 6.12. The van der Waals surface area contributed by atoms with E-state index in [0.717, 1.165) is 29.7 Å². The Morgan fingerprint density at radius 1 is 1.21 bits per heavy atom. The first-order valence-corrected chi connectivity index (χ1v) is 10.8. The molecule has 0 saturated heterocycles. The minimum Gasteiger partial charge on any atom is -0.354 e. The van der Waals surface area contributed by atoms with Crippen molar-refractivity contribution in [1.82, 2.24) is 20.8 Å². The van der Waals surface area contributed by atoms with Crippen LogP contribution < -0.4 is 16.0 Å². The zero-order chi connectivity index (χ0) is 19.8. The van der Waals surface area contributed by atoms with Crippen LogP contribution in [-0.2, 0) is 11.2 Å². The van der Waals surface area contributed by atoms with Crippen molar-refractivity contribution in [2.24, 2.45) is 5.92 Å². The van der Waals surface area contributed by atoms with Crippen LogP contribution in [0.2, 0.25) is 0 Å². The summed E-state index contributed by atoms with van der Waals surface area (Å²) in [6.45, 7) is 0.661. The molecule has 2 aromatic rings. The Hall–Kier alpha value is -2.26. The molecular formula is C19H25N5O2S2. The molecular weight excluding hydrogens is 394 g/mol. The van der Waals surface area contributed by atoms with Gasteiger partial charge in [-0.1, -0.05) is 60.9 Å². The topological polar surface area (TPSA) is 98.9 Å². The Morgan fingerprint density at radius 2 is 1.96 bits per heavy atom. The molecule has 1 atom stereocenters. The number of nitrogens with zero attached hydrogens (tertiary/aromatic N) is 1. The maximum Gasteiger partial charge on any atom is 0.321 e. The highest BCUT2D eigenvalue weighted by Crippen LogP contribution is 2.22. The summed E-state index contributed by atoms with van der Waals surface area (Å²) in [4.78, 5) is 25.1. The molecule has 1 aliphatic carbocycles. The predicted molar refractivity (Wildman–Crippen MR) is 113 cm³/mol. The van der Waals surface area contributed by atoms with Gasteiger partial charge in [-0.05, 0) is 36.5 Å². The number of urea groups is 1. The number of benzene rings is 1. The van der Waals surface area contributed by atoms with Crippen molar-refractivity contribution < 1.29 is 9.59 Å². The normalized spacial score (nSPS) is 15.6. The van der Waals surface area contributed by atoms with Crippen LogP contribution in [0.25, 0.3) is 0 Å². The van der Waals surface area contributed by atoms with Crippen molar-refractivity contribution in [2.75, 3.05) is 11.9 Å². The summed E-state index contributed by atoms with van der Waals surface area (Å²) in [5, 5.41) is 15.3. The second kappa shape index (κ2) is 10.3. The first kappa shape index (κ1) is 20.5. The zero-order valence-electron chi connectivity index (χ0n) is 15.6. The van der Waals surface area contributed by atoms with Crippen molar-refractivity contribution in [3.05, 3.63) is 39.8 Å². The lowest BCUT2D eigenvalue weighted by Crippen LogP contribution is -2.50. The van der Waals surface area contributed by atoms with Crippen LogP contribution in [0.3, 0.4) is 0 Å². The molecule has 1 fully saturated rings. The summed E-state index contributed by atoms with van der Waals surface area (Å²) in [6, 6.07) is 8.50. The largest absolute Gasteiger partial charge is 0.354 e. The molecule has 1 unspecified atom stereocenters. The van der Waals surface area contributed by atoms with Gasteiger partial charge in [0.15, 0.2) is 3.95 Å². The number of aromatic nitrogens is 2. The standard InChI is InChI=1S/C19H25N5O2S2/c25-16(20-12-14-9-5-2-6-10-14)15(11-13-7-3-1-4-8-13)21-17(26)22-18-23-24-19(27)28-18/h1,3-4,7-8,14-15H,2,5-6,9-12H2,(H,20,25)(H,24,27)(H2,21,22,23,26). The SMILES string of the molecule is O=C(Nc1n[nH]c(=S)s1)NC(Cc1ccccc1)C(=O)NCC1CCCCC1. The summed E-state index contributed by atoms with van der Waals surface area (Å²) in [7, 11) is 0. The van der Waals surface area contributed by atoms with Crippen LogP contribution in [0.15, 0.2) is 30.3 Å². The van der Waals surface area contributed by atoms with Gasteiger partial charge in [-0.2, -0.15) is 0 Å². The lowest BCUT2D eigenvalue weighted by Gasteiger charge is -2.24. The van der Waals surface area contributed by atoms with Gasteiger partial charge in [0.1, 0.15) is 6.04 Å². The smallest absolute Gasteiger partial charge is 0.321 e. The molecule has 3 rings (SSSR count). The highest BCUT2D eigenvalue weighted by molar-refractivity contribution is 7.73.